The highest BCUT2D eigenvalue weighted by molar-refractivity contribution is 7.99. The maximum atomic E-state index is 11.8. The Bertz CT molecular complexity index is 703. The molecule has 0 aliphatic heterocycles. The summed E-state index contributed by atoms with van der Waals surface area (Å²) in [6.45, 7) is 5.56. The lowest BCUT2D eigenvalue weighted by Crippen LogP contribution is -2.48. The minimum Gasteiger partial charge on any atom is -0.333 e. The number of rotatable bonds is 3. The van der Waals surface area contributed by atoms with Crippen molar-refractivity contribution in [3.05, 3.63) is 24.3 Å². The molecule has 2 aromatic rings. The average Bonchev–Trinajstić information content (AvgIpc) is 2.71. The molecule has 1 aromatic heterocycles. The van der Waals surface area contributed by atoms with Crippen molar-refractivity contribution in [2.24, 2.45) is 7.05 Å². The van der Waals surface area contributed by atoms with Crippen molar-refractivity contribution in [1.29, 1.82) is 0 Å². The van der Waals surface area contributed by atoms with Crippen molar-refractivity contribution < 1.29 is 9.59 Å². The van der Waals surface area contributed by atoms with Gasteiger partial charge in [0.25, 0.3) is 0 Å². The van der Waals surface area contributed by atoms with Crippen LogP contribution in [0.25, 0.3) is 11.0 Å². The second-order valence-corrected chi connectivity index (χ2v) is 6.93. The van der Waals surface area contributed by atoms with Gasteiger partial charge in [-0.05, 0) is 32.9 Å². The van der Waals surface area contributed by atoms with Crippen LogP contribution in [-0.2, 0) is 11.8 Å². The average molecular weight is 320 g/mol. The molecule has 2 rings (SSSR count). The minimum absolute atomic E-state index is 0.134. The summed E-state index contributed by atoms with van der Waals surface area (Å²) in [6.07, 6.45) is 0. The van der Waals surface area contributed by atoms with E-state index in [-0.39, 0.29) is 17.2 Å². The lowest BCUT2D eigenvalue weighted by molar-refractivity contribution is -0.117. The van der Waals surface area contributed by atoms with Crippen molar-refractivity contribution in [2.45, 2.75) is 31.5 Å². The summed E-state index contributed by atoms with van der Waals surface area (Å²) in [4.78, 5) is 27.9. The number of imidazole rings is 1. The van der Waals surface area contributed by atoms with Crippen LogP contribution in [0.5, 0.6) is 0 Å². The molecule has 1 aromatic carbocycles. The molecule has 0 saturated carbocycles. The molecular formula is C15H20N4O2S. The van der Waals surface area contributed by atoms with Crippen molar-refractivity contribution in [3.63, 3.8) is 0 Å². The predicted octanol–water partition coefficient (Wildman–Crippen LogP) is 2.29. The van der Waals surface area contributed by atoms with E-state index in [4.69, 9.17) is 0 Å². The minimum atomic E-state index is -0.483. The van der Waals surface area contributed by atoms with Crippen LogP contribution in [0.1, 0.15) is 20.8 Å². The number of para-hydroxylation sites is 2. The molecule has 1 heterocycles. The Kier molecular flexibility index (Phi) is 4.75. The molecule has 3 amide bonds. The molecule has 0 bridgehead atoms. The number of fused-ring (bicyclic) bond motifs is 1. The number of amides is 3. The fraction of sp³-hybridized carbons (Fsp3) is 0.400. The van der Waals surface area contributed by atoms with Gasteiger partial charge in [-0.1, -0.05) is 23.9 Å². The van der Waals surface area contributed by atoms with E-state index in [0.29, 0.717) is 0 Å². The van der Waals surface area contributed by atoms with Gasteiger partial charge in [-0.15, -0.1) is 0 Å². The Morgan fingerprint density at radius 1 is 1.27 bits per heavy atom. The lowest BCUT2D eigenvalue weighted by atomic mass is 10.1. The summed E-state index contributed by atoms with van der Waals surface area (Å²) < 4.78 is 1.93. The molecule has 0 aliphatic carbocycles. The smallest absolute Gasteiger partial charge is 0.321 e. The van der Waals surface area contributed by atoms with Crippen LogP contribution in [0, 0.1) is 0 Å². The molecule has 0 spiro atoms. The highest BCUT2D eigenvalue weighted by Crippen LogP contribution is 2.22. The van der Waals surface area contributed by atoms with Gasteiger partial charge in [-0.3, -0.25) is 10.1 Å². The zero-order valence-electron chi connectivity index (χ0n) is 13.1. The molecule has 0 fully saturated rings. The highest BCUT2D eigenvalue weighted by Gasteiger charge is 2.16. The Hall–Kier alpha value is -2.02. The monoisotopic (exact) mass is 320 g/mol. The van der Waals surface area contributed by atoms with Crippen molar-refractivity contribution in [2.75, 3.05) is 5.75 Å². The fourth-order valence-electron chi connectivity index (χ4n) is 1.92. The summed E-state index contributed by atoms with van der Waals surface area (Å²) in [5.41, 5.74) is 1.52. The van der Waals surface area contributed by atoms with Gasteiger partial charge in [0, 0.05) is 12.6 Å². The molecule has 0 unspecified atom stereocenters. The van der Waals surface area contributed by atoms with Crippen LogP contribution in [0.3, 0.4) is 0 Å². The van der Waals surface area contributed by atoms with E-state index in [1.807, 2.05) is 56.7 Å². The van der Waals surface area contributed by atoms with Gasteiger partial charge in [0.15, 0.2) is 5.16 Å². The standard InChI is InChI=1S/C15H20N4O2S/c1-15(2,3)18-13(21)17-12(20)9-22-14-16-10-7-5-6-8-11(10)19(14)4/h5-8H,9H2,1-4H3,(H2,17,18,20,21). The molecule has 0 saturated heterocycles. The molecule has 7 heteroatoms. The summed E-state index contributed by atoms with van der Waals surface area (Å²) in [7, 11) is 1.90. The first-order valence-electron chi connectivity index (χ1n) is 6.92. The summed E-state index contributed by atoms with van der Waals surface area (Å²) in [5.74, 6) is -0.215. The first-order valence-corrected chi connectivity index (χ1v) is 7.91. The Labute approximate surface area is 133 Å². The maximum Gasteiger partial charge on any atom is 0.321 e. The van der Waals surface area contributed by atoms with Crippen LogP contribution >= 0.6 is 11.8 Å². The highest BCUT2D eigenvalue weighted by atomic mass is 32.2. The molecular weight excluding hydrogens is 300 g/mol. The van der Waals surface area contributed by atoms with E-state index in [9.17, 15) is 9.59 Å². The number of carbonyl (C=O) groups is 2. The van der Waals surface area contributed by atoms with Gasteiger partial charge >= 0.3 is 6.03 Å². The van der Waals surface area contributed by atoms with Crippen LogP contribution in [-0.4, -0.2) is 32.8 Å². The third kappa shape index (κ3) is 4.24. The van der Waals surface area contributed by atoms with E-state index in [1.54, 1.807) is 0 Å². The van der Waals surface area contributed by atoms with Crippen molar-refractivity contribution in [1.82, 2.24) is 20.2 Å². The van der Waals surface area contributed by atoms with E-state index in [1.165, 1.54) is 11.8 Å². The number of urea groups is 1. The van der Waals surface area contributed by atoms with Crippen molar-refractivity contribution in [3.8, 4) is 0 Å². The molecule has 0 radical (unpaired) electrons. The molecule has 2 N–H and O–H groups in total. The lowest BCUT2D eigenvalue weighted by Gasteiger charge is -2.20. The van der Waals surface area contributed by atoms with Crippen molar-refractivity contribution >= 4 is 34.7 Å². The van der Waals surface area contributed by atoms with Gasteiger partial charge in [-0.25, -0.2) is 9.78 Å². The summed E-state index contributed by atoms with van der Waals surface area (Å²) >= 11 is 1.30. The number of hydrogen-bond acceptors (Lipinski definition) is 4. The second kappa shape index (κ2) is 6.39. The number of nitrogens with zero attached hydrogens (tertiary/aromatic N) is 2. The molecule has 6 nitrogen and oxygen atoms in total. The number of thioether (sulfide) groups is 1. The third-order valence-corrected chi connectivity index (χ3v) is 3.85. The first-order chi connectivity index (χ1) is 10.3. The molecule has 0 atom stereocenters. The van der Waals surface area contributed by atoms with Gasteiger partial charge in [-0.2, -0.15) is 0 Å². The molecule has 118 valence electrons. The van der Waals surface area contributed by atoms with Crippen LogP contribution in [0.15, 0.2) is 29.4 Å². The van der Waals surface area contributed by atoms with E-state index in [0.717, 1.165) is 16.2 Å². The van der Waals surface area contributed by atoms with Crippen LogP contribution in [0.4, 0.5) is 4.79 Å². The number of carbonyl (C=O) groups excluding carboxylic acids is 2. The number of benzene rings is 1. The SMILES string of the molecule is Cn1c(SCC(=O)NC(=O)NC(C)(C)C)nc2ccccc21. The number of imide groups is 1. The maximum absolute atomic E-state index is 11.8. The first kappa shape index (κ1) is 16.4. The third-order valence-electron chi connectivity index (χ3n) is 2.82. The normalized spacial score (nSPS) is 11.5. The van der Waals surface area contributed by atoms with E-state index < -0.39 is 6.03 Å². The van der Waals surface area contributed by atoms with Crippen LogP contribution in [0.2, 0.25) is 0 Å². The largest absolute Gasteiger partial charge is 0.333 e. The van der Waals surface area contributed by atoms with Gasteiger partial charge in [0.1, 0.15) is 0 Å². The Morgan fingerprint density at radius 3 is 2.59 bits per heavy atom. The fourth-order valence-corrected chi connectivity index (χ4v) is 2.70. The molecule has 22 heavy (non-hydrogen) atoms. The van der Waals surface area contributed by atoms with E-state index >= 15 is 0 Å². The number of aromatic nitrogens is 2. The Morgan fingerprint density at radius 2 is 1.95 bits per heavy atom. The summed E-state index contributed by atoms with van der Waals surface area (Å²) in [5, 5.41) is 5.74. The number of hydrogen-bond donors (Lipinski definition) is 2. The van der Waals surface area contributed by atoms with Gasteiger partial charge < -0.3 is 9.88 Å². The zero-order valence-corrected chi connectivity index (χ0v) is 14.0. The van der Waals surface area contributed by atoms with Crippen LogP contribution < -0.4 is 10.6 Å². The zero-order chi connectivity index (χ0) is 16.3. The van der Waals surface area contributed by atoms with Gasteiger partial charge in [0.05, 0.1) is 16.8 Å². The number of nitrogens with one attached hydrogen (secondary N) is 2. The Balaban J connectivity index is 1.93. The summed E-state index contributed by atoms with van der Waals surface area (Å²) in [6, 6.07) is 7.29. The van der Waals surface area contributed by atoms with E-state index in [2.05, 4.69) is 15.6 Å². The quantitative estimate of drug-likeness (QED) is 0.851. The van der Waals surface area contributed by atoms with Gasteiger partial charge in [0.2, 0.25) is 5.91 Å². The predicted molar refractivity (Wildman–Crippen MR) is 87.9 cm³/mol. The molecule has 0 aliphatic rings. The topological polar surface area (TPSA) is 76.0 Å². The number of aryl methyl sites for hydroxylation is 1. The second-order valence-electron chi connectivity index (χ2n) is 5.98.